The summed E-state index contributed by atoms with van der Waals surface area (Å²) >= 11 is 0. The second kappa shape index (κ2) is 8.68. The Morgan fingerprint density at radius 2 is 1.88 bits per heavy atom. The van der Waals surface area contributed by atoms with E-state index >= 15 is 0 Å². The van der Waals surface area contributed by atoms with E-state index < -0.39 is 0 Å². The van der Waals surface area contributed by atoms with Crippen LogP contribution < -0.4 is 16.4 Å². The molecule has 0 heterocycles. The van der Waals surface area contributed by atoms with Gasteiger partial charge in [0.15, 0.2) is 0 Å². The number of halogens is 1. The first kappa shape index (κ1) is 19.7. The van der Waals surface area contributed by atoms with Gasteiger partial charge in [0.25, 0.3) is 5.91 Å². The summed E-state index contributed by atoms with van der Waals surface area (Å²) in [7, 11) is 0. The van der Waals surface area contributed by atoms with Crippen LogP contribution in [0.25, 0.3) is 0 Å². The van der Waals surface area contributed by atoms with E-state index in [0.29, 0.717) is 29.5 Å². The molecule has 2 atom stereocenters. The molecule has 0 radical (unpaired) electrons. The molecule has 1 aromatic rings. The minimum atomic E-state index is -0.0556. The van der Waals surface area contributed by atoms with Crippen LogP contribution in [-0.2, 0) is 4.79 Å². The largest absolute Gasteiger partial charge is 0.349 e. The molecule has 1 aromatic carbocycles. The Hall–Kier alpha value is -1.59. The summed E-state index contributed by atoms with van der Waals surface area (Å²) in [5.74, 6) is 0.891. The van der Waals surface area contributed by atoms with Crippen molar-refractivity contribution in [2.45, 2.75) is 57.5 Å². The van der Waals surface area contributed by atoms with Crippen LogP contribution in [-0.4, -0.2) is 23.9 Å². The van der Waals surface area contributed by atoms with Crippen LogP contribution in [0.1, 0.15) is 55.8 Å². The SMILES string of the molecule is CCC(=O)Nc1cccc(C(=O)NC2C3CCCC2CC(N)C3)c1.Cl. The van der Waals surface area contributed by atoms with Crippen LogP contribution >= 0.6 is 12.4 Å². The van der Waals surface area contributed by atoms with Crippen molar-refractivity contribution in [1.82, 2.24) is 5.32 Å². The number of fused-ring (bicyclic) bond motifs is 2. The summed E-state index contributed by atoms with van der Waals surface area (Å²) in [6, 6.07) is 7.66. The van der Waals surface area contributed by atoms with E-state index in [9.17, 15) is 9.59 Å². The molecule has 2 fully saturated rings. The Labute approximate surface area is 155 Å². The van der Waals surface area contributed by atoms with E-state index in [1.165, 1.54) is 6.42 Å². The van der Waals surface area contributed by atoms with Gasteiger partial charge in [-0.1, -0.05) is 19.4 Å². The Bertz CT molecular complexity index is 608. The molecule has 2 bridgehead atoms. The molecule has 138 valence electrons. The van der Waals surface area contributed by atoms with E-state index in [1.807, 2.05) is 0 Å². The number of nitrogens with two attached hydrogens (primary N) is 1. The van der Waals surface area contributed by atoms with Crippen molar-refractivity contribution in [1.29, 1.82) is 0 Å². The maximum Gasteiger partial charge on any atom is 0.251 e. The van der Waals surface area contributed by atoms with Crippen LogP contribution in [0.2, 0.25) is 0 Å². The van der Waals surface area contributed by atoms with E-state index in [1.54, 1.807) is 31.2 Å². The van der Waals surface area contributed by atoms with Gasteiger partial charge in [0.05, 0.1) is 0 Å². The van der Waals surface area contributed by atoms with Gasteiger partial charge in [0.2, 0.25) is 5.91 Å². The Morgan fingerprint density at radius 3 is 2.52 bits per heavy atom. The molecule has 0 saturated heterocycles. The van der Waals surface area contributed by atoms with E-state index in [-0.39, 0.29) is 36.3 Å². The van der Waals surface area contributed by atoms with Crippen molar-refractivity contribution in [3.63, 3.8) is 0 Å². The molecule has 0 aliphatic heterocycles. The molecular formula is C19H28ClN3O2. The van der Waals surface area contributed by atoms with E-state index in [2.05, 4.69) is 10.6 Å². The van der Waals surface area contributed by atoms with Gasteiger partial charge >= 0.3 is 0 Å². The molecule has 0 aromatic heterocycles. The zero-order valence-corrected chi connectivity index (χ0v) is 15.5. The third kappa shape index (κ3) is 4.73. The summed E-state index contributed by atoms with van der Waals surface area (Å²) in [5, 5.41) is 6.05. The third-order valence-corrected chi connectivity index (χ3v) is 5.40. The van der Waals surface area contributed by atoms with Crippen LogP contribution in [0, 0.1) is 11.8 Å². The number of carbonyl (C=O) groups is 2. The molecule has 0 spiro atoms. The molecular weight excluding hydrogens is 338 g/mol. The van der Waals surface area contributed by atoms with Crippen molar-refractivity contribution in [2.75, 3.05) is 5.32 Å². The quantitative estimate of drug-likeness (QED) is 0.766. The smallest absolute Gasteiger partial charge is 0.251 e. The van der Waals surface area contributed by atoms with Crippen molar-refractivity contribution in [3.8, 4) is 0 Å². The lowest BCUT2D eigenvalue weighted by atomic mass is 9.67. The van der Waals surface area contributed by atoms with Crippen LogP contribution in [0.15, 0.2) is 24.3 Å². The highest BCUT2D eigenvalue weighted by Crippen LogP contribution is 2.39. The Kier molecular flexibility index (Phi) is 6.85. The number of hydrogen-bond acceptors (Lipinski definition) is 3. The van der Waals surface area contributed by atoms with Gasteiger partial charge in [0.1, 0.15) is 0 Å². The normalized spacial score (nSPS) is 27.8. The highest BCUT2D eigenvalue weighted by atomic mass is 35.5. The average molecular weight is 366 g/mol. The van der Waals surface area contributed by atoms with Crippen molar-refractivity contribution >= 4 is 29.9 Å². The van der Waals surface area contributed by atoms with E-state index in [0.717, 1.165) is 25.7 Å². The predicted molar refractivity (Wildman–Crippen MR) is 102 cm³/mol. The summed E-state index contributed by atoms with van der Waals surface area (Å²) in [5.41, 5.74) is 7.42. The summed E-state index contributed by atoms with van der Waals surface area (Å²) in [4.78, 5) is 24.2. The minimum Gasteiger partial charge on any atom is -0.349 e. The second-order valence-corrected chi connectivity index (χ2v) is 7.16. The zero-order chi connectivity index (χ0) is 17.1. The Morgan fingerprint density at radius 1 is 1.20 bits per heavy atom. The minimum absolute atomic E-state index is 0. The predicted octanol–water partition coefficient (Wildman–Crippen LogP) is 3.09. The first-order chi connectivity index (χ1) is 11.6. The van der Waals surface area contributed by atoms with E-state index in [4.69, 9.17) is 5.73 Å². The molecule has 2 unspecified atom stereocenters. The highest BCUT2D eigenvalue weighted by Gasteiger charge is 2.39. The van der Waals surface area contributed by atoms with Gasteiger partial charge in [0, 0.05) is 29.8 Å². The van der Waals surface area contributed by atoms with Gasteiger partial charge in [-0.15, -0.1) is 12.4 Å². The lowest BCUT2D eigenvalue weighted by Gasteiger charge is -2.45. The monoisotopic (exact) mass is 365 g/mol. The van der Waals surface area contributed by atoms with Crippen molar-refractivity contribution in [2.24, 2.45) is 17.6 Å². The molecule has 3 rings (SSSR count). The molecule has 25 heavy (non-hydrogen) atoms. The zero-order valence-electron chi connectivity index (χ0n) is 14.7. The molecule has 2 saturated carbocycles. The van der Waals surface area contributed by atoms with Gasteiger partial charge in [-0.05, 0) is 55.7 Å². The number of hydrogen-bond donors (Lipinski definition) is 3. The van der Waals surface area contributed by atoms with Gasteiger partial charge < -0.3 is 16.4 Å². The summed E-state index contributed by atoms with van der Waals surface area (Å²) in [6.07, 6.45) is 5.99. The van der Waals surface area contributed by atoms with Gasteiger partial charge in [-0.25, -0.2) is 0 Å². The topological polar surface area (TPSA) is 84.2 Å². The molecule has 2 amide bonds. The maximum absolute atomic E-state index is 12.7. The van der Waals surface area contributed by atoms with Gasteiger partial charge in [-0.3, -0.25) is 9.59 Å². The number of carbonyl (C=O) groups excluding carboxylic acids is 2. The molecule has 5 nitrogen and oxygen atoms in total. The molecule has 2 aliphatic rings. The third-order valence-electron chi connectivity index (χ3n) is 5.40. The second-order valence-electron chi connectivity index (χ2n) is 7.16. The lowest BCUT2D eigenvalue weighted by molar-refractivity contribution is -0.115. The van der Waals surface area contributed by atoms with Crippen molar-refractivity contribution in [3.05, 3.63) is 29.8 Å². The fourth-order valence-electron chi connectivity index (χ4n) is 4.25. The first-order valence-corrected chi connectivity index (χ1v) is 9.03. The number of benzene rings is 1. The number of amides is 2. The molecule has 6 heteroatoms. The summed E-state index contributed by atoms with van der Waals surface area (Å²) < 4.78 is 0. The molecule has 4 N–H and O–H groups in total. The standard InChI is InChI=1S/C19H27N3O2.ClH/c1-2-17(23)21-16-8-4-7-14(11-16)19(24)22-18-12-5-3-6-13(18)10-15(20)9-12;/h4,7-8,11-13,15,18H,2-3,5-6,9-10,20H2,1H3,(H,21,23)(H,22,24);1H. The molecule has 2 aliphatic carbocycles. The van der Waals surface area contributed by atoms with Crippen molar-refractivity contribution < 1.29 is 9.59 Å². The summed E-state index contributed by atoms with van der Waals surface area (Å²) in [6.45, 7) is 1.80. The lowest BCUT2D eigenvalue weighted by Crippen LogP contribution is -2.53. The van der Waals surface area contributed by atoms with Crippen LogP contribution in [0.4, 0.5) is 5.69 Å². The highest BCUT2D eigenvalue weighted by molar-refractivity contribution is 5.97. The number of nitrogens with one attached hydrogen (secondary N) is 2. The number of anilines is 1. The van der Waals surface area contributed by atoms with Crippen LogP contribution in [0.3, 0.4) is 0 Å². The Balaban J connectivity index is 0.00000225. The van der Waals surface area contributed by atoms with Gasteiger partial charge in [-0.2, -0.15) is 0 Å². The first-order valence-electron chi connectivity index (χ1n) is 9.03. The van der Waals surface area contributed by atoms with Crippen LogP contribution in [0.5, 0.6) is 0 Å². The fourth-order valence-corrected chi connectivity index (χ4v) is 4.25. The average Bonchev–Trinajstić information content (AvgIpc) is 2.55. The number of rotatable bonds is 4. The fraction of sp³-hybridized carbons (Fsp3) is 0.579. The maximum atomic E-state index is 12.7.